The molecule has 0 radical (unpaired) electrons. The number of carboxylic acid groups (broad SMARTS) is 1. The lowest BCUT2D eigenvalue weighted by Gasteiger charge is -2.16. The summed E-state index contributed by atoms with van der Waals surface area (Å²) in [6.07, 6.45) is 4.12. The van der Waals surface area contributed by atoms with Crippen molar-refractivity contribution < 1.29 is 24.3 Å². The smallest absolute Gasteiger partial charge is 0.326 e. The predicted molar refractivity (Wildman–Crippen MR) is 107 cm³/mol. The SMILES string of the molecule is CCCCN(C)CCNC(=O)CCCCNC(=O)CCC(NC(C)=O)C(=O)O. The number of carbonyl (C=O) groups excluding carboxylic acids is 3. The van der Waals surface area contributed by atoms with Gasteiger partial charge in [-0.2, -0.15) is 0 Å². The fourth-order valence-corrected chi connectivity index (χ4v) is 2.52. The molecule has 1 unspecified atom stereocenters. The molecule has 0 saturated carbocycles. The van der Waals surface area contributed by atoms with E-state index in [2.05, 4.69) is 27.8 Å². The molecule has 0 aromatic rings. The molecule has 0 aliphatic heterocycles. The topological polar surface area (TPSA) is 128 Å². The summed E-state index contributed by atoms with van der Waals surface area (Å²) in [5.41, 5.74) is 0. The Labute approximate surface area is 167 Å². The summed E-state index contributed by atoms with van der Waals surface area (Å²) in [5, 5.41) is 16.9. The van der Waals surface area contributed by atoms with Gasteiger partial charge in [-0.3, -0.25) is 14.4 Å². The van der Waals surface area contributed by atoms with Crippen LogP contribution >= 0.6 is 0 Å². The zero-order valence-corrected chi connectivity index (χ0v) is 17.4. The molecule has 0 heterocycles. The van der Waals surface area contributed by atoms with Crippen LogP contribution in [0.3, 0.4) is 0 Å². The summed E-state index contributed by atoms with van der Waals surface area (Å²) in [4.78, 5) is 47.6. The monoisotopic (exact) mass is 400 g/mol. The third kappa shape index (κ3) is 15.0. The lowest BCUT2D eigenvalue weighted by atomic mass is 10.1. The minimum Gasteiger partial charge on any atom is -0.480 e. The van der Waals surface area contributed by atoms with Gasteiger partial charge in [-0.1, -0.05) is 13.3 Å². The molecule has 0 aliphatic carbocycles. The van der Waals surface area contributed by atoms with Crippen molar-refractivity contribution in [1.82, 2.24) is 20.9 Å². The van der Waals surface area contributed by atoms with Crippen molar-refractivity contribution in [2.45, 2.75) is 64.8 Å². The largest absolute Gasteiger partial charge is 0.480 e. The van der Waals surface area contributed by atoms with E-state index in [1.54, 1.807) is 0 Å². The van der Waals surface area contributed by atoms with Gasteiger partial charge in [-0.15, -0.1) is 0 Å². The molecule has 28 heavy (non-hydrogen) atoms. The molecule has 0 aromatic carbocycles. The normalized spacial score (nSPS) is 11.7. The van der Waals surface area contributed by atoms with Crippen LogP contribution in [0.15, 0.2) is 0 Å². The van der Waals surface area contributed by atoms with E-state index in [9.17, 15) is 19.2 Å². The molecule has 4 N–H and O–H groups in total. The number of carboxylic acids is 1. The van der Waals surface area contributed by atoms with Gasteiger partial charge in [0.2, 0.25) is 17.7 Å². The Hall–Kier alpha value is -2.16. The highest BCUT2D eigenvalue weighted by atomic mass is 16.4. The van der Waals surface area contributed by atoms with Gasteiger partial charge >= 0.3 is 5.97 Å². The first kappa shape index (κ1) is 25.8. The van der Waals surface area contributed by atoms with Gasteiger partial charge in [0, 0.05) is 39.4 Å². The van der Waals surface area contributed by atoms with E-state index in [1.807, 2.05) is 7.05 Å². The highest BCUT2D eigenvalue weighted by Crippen LogP contribution is 1.99. The summed E-state index contributed by atoms with van der Waals surface area (Å²) < 4.78 is 0. The highest BCUT2D eigenvalue weighted by Gasteiger charge is 2.19. The maximum Gasteiger partial charge on any atom is 0.326 e. The van der Waals surface area contributed by atoms with Crippen LogP contribution in [-0.2, 0) is 19.2 Å². The number of aliphatic carboxylic acids is 1. The van der Waals surface area contributed by atoms with Gasteiger partial charge in [0.05, 0.1) is 0 Å². The van der Waals surface area contributed by atoms with Crippen molar-refractivity contribution in [2.24, 2.45) is 0 Å². The number of nitrogens with one attached hydrogen (secondary N) is 3. The molecule has 162 valence electrons. The Bertz CT molecular complexity index is 499. The molecule has 0 rings (SSSR count). The summed E-state index contributed by atoms with van der Waals surface area (Å²) in [7, 11) is 2.04. The summed E-state index contributed by atoms with van der Waals surface area (Å²) >= 11 is 0. The van der Waals surface area contributed by atoms with Gasteiger partial charge in [-0.05, 0) is 39.3 Å². The second-order valence-electron chi connectivity index (χ2n) is 6.94. The number of hydrogen-bond acceptors (Lipinski definition) is 5. The van der Waals surface area contributed by atoms with Crippen LogP contribution in [-0.4, -0.2) is 73.0 Å². The number of hydrogen-bond donors (Lipinski definition) is 4. The Kier molecular flexibility index (Phi) is 14.6. The number of amides is 3. The van der Waals surface area contributed by atoms with Crippen molar-refractivity contribution in [1.29, 1.82) is 0 Å². The van der Waals surface area contributed by atoms with Crippen LogP contribution in [0.2, 0.25) is 0 Å². The minimum atomic E-state index is -1.16. The van der Waals surface area contributed by atoms with Gasteiger partial charge in [0.1, 0.15) is 6.04 Å². The van der Waals surface area contributed by atoms with E-state index in [1.165, 1.54) is 6.92 Å². The number of carbonyl (C=O) groups is 4. The van der Waals surface area contributed by atoms with Gasteiger partial charge in [0.15, 0.2) is 0 Å². The number of nitrogens with zero attached hydrogens (tertiary/aromatic N) is 1. The first-order valence-electron chi connectivity index (χ1n) is 9.98. The molecule has 0 aromatic heterocycles. The van der Waals surface area contributed by atoms with Crippen LogP contribution in [0.1, 0.15) is 58.8 Å². The third-order valence-electron chi connectivity index (χ3n) is 4.20. The fraction of sp³-hybridized carbons (Fsp3) is 0.789. The van der Waals surface area contributed by atoms with Crippen molar-refractivity contribution >= 4 is 23.7 Å². The lowest BCUT2D eigenvalue weighted by molar-refractivity contribution is -0.141. The Balaban J connectivity index is 3.73. The first-order chi connectivity index (χ1) is 13.3. The Morgan fingerprint density at radius 3 is 2.18 bits per heavy atom. The maximum atomic E-state index is 11.8. The van der Waals surface area contributed by atoms with Gasteiger partial charge < -0.3 is 26.0 Å². The van der Waals surface area contributed by atoms with Crippen LogP contribution in [0.25, 0.3) is 0 Å². The number of likely N-dealkylation sites (N-methyl/N-ethyl adjacent to an activating group) is 1. The number of rotatable bonds is 16. The van der Waals surface area contributed by atoms with Crippen LogP contribution in [0, 0.1) is 0 Å². The lowest BCUT2D eigenvalue weighted by Crippen LogP contribution is -2.40. The molecule has 0 spiro atoms. The standard InChI is InChI=1S/C19H36N4O5/c1-4-5-13-23(3)14-12-21-17(25)8-6-7-11-20-18(26)10-9-16(19(27)28)22-15(2)24/h16H,4-14H2,1-3H3,(H,20,26)(H,21,25)(H,22,24)(H,27,28). The van der Waals surface area contributed by atoms with Crippen molar-refractivity contribution in [3.8, 4) is 0 Å². The van der Waals surface area contributed by atoms with E-state index in [0.717, 1.165) is 25.9 Å². The first-order valence-corrected chi connectivity index (χ1v) is 9.98. The molecule has 0 fully saturated rings. The summed E-state index contributed by atoms with van der Waals surface area (Å²) in [6.45, 7) is 6.31. The summed E-state index contributed by atoms with van der Waals surface area (Å²) in [5.74, 6) is -1.87. The molecule has 0 bridgehead atoms. The van der Waals surface area contributed by atoms with Crippen LogP contribution in [0.5, 0.6) is 0 Å². The average molecular weight is 401 g/mol. The molecule has 9 nitrogen and oxygen atoms in total. The second kappa shape index (κ2) is 15.9. The van der Waals surface area contributed by atoms with Crippen molar-refractivity contribution in [2.75, 3.05) is 33.2 Å². The molecular weight excluding hydrogens is 364 g/mol. The van der Waals surface area contributed by atoms with Crippen molar-refractivity contribution in [3.05, 3.63) is 0 Å². The Morgan fingerprint density at radius 2 is 1.57 bits per heavy atom. The van der Waals surface area contributed by atoms with E-state index in [4.69, 9.17) is 5.11 Å². The molecule has 1 atom stereocenters. The predicted octanol–water partition coefficient (Wildman–Crippen LogP) is 0.491. The van der Waals surface area contributed by atoms with E-state index < -0.39 is 17.9 Å². The number of unbranched alkanes of at least 4 members (excludes halogenated alkanes) is 2. The zero-order valence-electron chi connectivity index (χ0n) is 17.4. The highest BCUT2D eigenvalue weighted by molar-refractivity contribution is 5.83. The van der Waals surface area contributed by atoms with Crippen LogP contribution < -0.4 is 16.0 Å². The Morgan fingerprint density at radius 1 is 0.929 bits per heavy atom. The van der Waals surface area contributed by atoms with Gasteiger partial charge in [-0.25, -0.2) is 4.79 Å². The zero-order chi connectivity index (χ0) is 21.4. The summed E-state index contributed by atoms with van der Waals surface area (Å²) in [6, 6.07) is -1.06. The van der Waals surface area contributed by atoms with Crippen LogP contribution in [0.4, 0.5) is 0 Å². The molecule has 9 heteroatoms. The van der Waals surface area contributed by atoms with Gasteiger partial charge in [0.25, 0.3) is 0 Å². The van der Waals surface area contributed by atoms with E-state index in [0.29, 0.717) is 32.4 Å². The molecule has 0 saturated heterocycles. The van der Waals surface area contributed by atoms with Crippen molar-refractivity contribution in [3.63, 3.8) is 0 Å². The molecular formula is C19H36N4O5. The molecule has 0 aliphatic rings. The van der Waals surface area contributed by atoms with E-state index in [-0.39, 0.29) is 24.7 Å². The third-order valence-corrected chi connectivity index (χ3v) is 4.20. The molecule has 3 amide bonds. The maximum absolute atomic E-state index is 11.8. The fourth-order valence-electron chi connectivity index (χ4n) is 2.52. The quantitative estimate of drug-likeness (QED) is 0.279. The van der Waals surface area contributed by atoms with E-state index >= 15 is 0 Å². The second-order valence-corrected chi connectivity index (χ2v) is 6.94. The average Bonchev–Trinajstić information content (AvgIpc) is 2.62. The minimum absolute atomic E-state index is 0.00910.